The minimum absolute atomic E-state index is 0.0957. The van der Waals surface area contributed by atoms with Crippen molar-refractivity contribution in [3.05, 3.63) is 35.9 Å². The second-order valence-corrected chi connectivity index (χ2v) is 4.83. The highest BCUT2D eigenvalue weighted by Gasteiger charge is 2.04. The third kappa shape index (κ3) is 5.47. The molecule has 0 bridgehead atoms. The average Bonchev–Trinajstić information content (AvgIpc) is 2.14. The predicted octanol–water partition coefficient (Wildman–Crippen LogP) is 0.102. The van der Waals surface area contributed by atoms with E-state index in [1.54, 1.807) is 0 Å². The maximum atomic E-state index is 11.1. The number of hydrogen-bond acceptors (Lipinski definition) is 4. The van der Waals surface area contributed by atoms with E-state index in [4.69, 9.17) is 0 Å². The Bertz CT molecular complexity index is 368. The predicted molar refractivity (Wildman–Crippen MR) is 52.2 cm³/mol. The second-order valence-electron chi connectivity index (χ2n) is 3.29. The summed E-state index contributed by atoms with van der Waals surface area (Å²) in [5.41, 5.74) is 0.956. The Hall–Kier alpha value is -0.960. The Morgan fingerprint density at radius 3 is 2.33 bits per heavy atom. The van der Waals surface area contributed by atoms with Crippen molar-refractivity contribution in [2.45, 2.75) is 12.8 Å². The molecule has 1 rings (SSSR count). The Morgan fingerprint density at radius 2 is 1.80 bits per heavy atom. The largest absolute Gasteiger partial charge is 0.810 e. The van der Waals surface area contributed by atoms with E-state index in [0.717, 1.165) is 5.56 Å². The Morgan fingerprint density at radius 1 is 1.20 bits per heavy atom. The number of rotatable bonds is 5. The molecule has 4 nitrogen and oxygen atoms in total. The smallest absolute Gasteiger partial charge is 0.138 e. The first kappa shape index (κ1) is 12.1. The molecule has 1 aromatic rings. The molecule has 0 fully saturated rings. The van der Waals surface area contributed by atoms with Gasteiger partial charge in [-0.2, -0.15) is 0 Å². The van der Waals surface area contributed by atoms with Gasteiger partial charge in [0.1, 0.15) is 5.78 Å². The van der Waals surface area contributed by atoms with Crippen LogP contribution in [0.15, 0.2) is 30.3 Å². The first-order chi connectivity index (χ1) is 6.97. The molecule has 0 saturated heterocycles. The summed E-state index contributed by atoms with van der Waals surface area (Å²) in [7, 11) is -4.69. The fraction of sp³-hybridized carbons (Fsp3) is 0.300. The van der Waals surface area contributed by atoms with E-state index in [-0.39, 0.29) is 6.42 Å². The van der Waals surface area contributed by atoms with Crippen LogP contribution in [0.4, 0.5) is 0 Å². The summed E-state index contributed by atoms with van der Waals surface area (Å²) in [5, 5.41) is 0. The molecule has 0 aliphatic heterocycles. The zero-order valence-electron chi connectivity index (χ0n) is 8.09. The summed E-state index contributed by atoms with van der Waals surface area (Å²) in [6.45, 7) is 0. The van der Waals surface area contributed by atoms with Crippen LogP contribution in [0.25, 0.3) is 0 Å². The van der Waals surface area contributed by atoms with Gasteiger partial charge in [0.15, 0.2) is 0 Å². The molecular weight excluding hydrogens is 215 g/mol. The summed E-state index contributed by atoms with van der Waals surface area (Å²) in [6.07, 6.45) is -0.308. The van der Waals surface area contributed by atoms with Gasteiger partial charge in [-0.1, -0.05) is 37.9 Å². The fourth-order valence-corrected chi connectivity index (χ4v) is 1.81. The topological polar surface area (TPSA) is 80.3 Å². The fourth-order valence-electron chi connectivity index (χ4n) is 1.22. The van der Waals surface area contributed by atoms with Crippen LogP contribution in [0.1, 0.15) is 12.0 Å². The van der Waals surface area contributed by atoms with Crippen LogP contribution in [-0.2, 0) is 15.8 Å². The van der Waals surface area contributed by atoms with Gasteiger partial charge in [-0.15, -0.1) is 0 Å². The van der Waals surface area contributed by atoms with Gasteiger partial charge in [0.2, 0.25) is 0 Å². The van der Waals surface area contributed by atoms with E-state index in [9.17, 15) is 19.1 Å². The van der Waals surface area contributed by atoms with Gasteiger partial charge in [-0.25, -0.2) is 0 Å². The molecule has 0 aliphatic rings. The molecule has 0 aromatic heterocycles. The standard InChI is InChI=1S/C10H13O4P/c11-10(8-15(12,13)14)7-6-9-4-2-1-3-5-9/h1-5H,6-8H2,(H2,12,13,14)/p-2. The van der Waals surface area contributed by atoms with Crippen LogP contribution in [-0.4, -0.2) is 11.9 Å². The molecule has 5 heteroatoms. The third-order valence-corrected chi connectivity index (χ3v) is 2.65. The Balaban J connectivity index is 2.39. The van der Waals surface area contributed by atoms with Crippen molar-refractivity contribution in [3.63, 3.8) is 0 Å². The highest BCUT2D eigenvalue weighted by molar-refractivity contribution is 7.49. The first-order valence-electron chi connectivity index (χ1n) is 4.54. The number of Topliss-reactive ketones (excluding diaryl/α,β-unsaturated/α-hetero) is 1. The molecule has 0 radical (unpaired) electrons. The van der Waals surface area contributed by atoms with Gasteiger partial charge in [0.25, 0.3) is 0 Å². The van der Waals surface area contributed by atoms with Gasteiger partial charge in [0, 0.05) is 12.6 Å². The lowest BCUT2D eigenvalue weighted by Crippen LogP contribution is -2.22. The lowest BCUT2D eigenvalue weighted by molar-refractivity contribution is -0.312. The summed E-state index contributed by atoms with van der Waals surface area (Å²) in [6, 6.07) is 9.23. The quantitative estimate of drug-likeness (QED) is 0.667. The molecule has 0 heterocycles. The number of carbonyl (C=O) groups is 1. The first-order valence-corrected chi connectivity index (χ1v) is 6.27. The summed E-state index contributed by atoms with van der Waals surface area (Å²) in [5.74, 6) is -0.521. The molecule has 82 valence electrons. The van der Waals surface area contributed by atoms with E-state index >= 15 is 0 Å². The van der Waals surface area contributed by atoms with Crippen LogP contribution >= 0.6 is 7.60 Å². The number of carbonyl (C=O) groups excluding carboxylic acids is 1. The van der Waals surface area contributed by atoms with Crippen LogP contribution in [0.2, 0.25) is 0 Å². The lowest BCUT2D eigenvalue weighted by Gasteiger charge is -2.28. The van der Waals surface area contributed by atoms with Gasteiger partial charge in [-0.3, -0.25) is 4.79 Å². The summed E-state index contributed by atoms with van der Waals surface area (Å²) < 4.78 is 10.3. The number of ketones is 1. The van der Waals surface area contributed by atoms with Crippen LogP contribution in [0, 0.1) is 0 Å². The van der Waals surface area contributed by atoms with Crippen LogP contribution in [0.5, 0.6) is 0 Å². The van der Waals surface area contributed by atoms with Crippen molar-refractivity contribution >= 4 is 13.4 Å². The van der Waals surface area contributed by atoms with Crippen LogP contribution < -0.4 is 9.79 Å². The maximum absolute atomic E-state index is 11.1. The molecule has 0 aliphatic carbocycles. The van der Waals surface area contributed by atoms with Gasteiger partial charge in [-0.05, 0) is 12.0 Å². The van der Waals surface area contributed by atoms with Crippen molar-refractivity contribution in [1.29, 1.82) is 0 Å². The molecule has 0 spiro atoms. The molecule has 0 atom stereocenters. The molecule has 0 amide bonds. The molecule has 15 heavy (non-hydrogen) atoms. The monoisotopic (exact) mass is 226 g/mol. The van der Waals surface area contributed by atoms with Crippen molar-refractivity contribution < 1.29 is 19.1 Å². The Kier molecular flexibility index (Phi) is 4.21. The second kappa shape index (κ2) is 5.21. The van der Waals surface area contributed by atoms with E-state index in [0.29, 0.717) is 6.42 Å². The lowest BCUT2D eigenvalue weighted by atomic mass is 10.1. The number of hydrogen-bond donors (Lipinski definition) is 0. The number of benzene rings is 1. The van der Waals surface area contributed by atoms with Gasteiger partial charge >= 0.3 is 0 Å². The molecule has 0 N–H and O–H groups in total. The van der Waals surface area contributed by atoms with Crippen molar-refractivity contribution in [1.82, 2.24) is 0 Å². The van der Waals surface area contributed by atoms with Crippen molar-refractivity contribution in [3.8, 4) is 0 Å². The van der Waals surface area contributed by atoms with Gasteiger partial charge in [0.05, 0.1) is 0 Å². The minimum Gasteiger partial charge on any atom is -0.810 e. The maximum Gasteiger partial charge on any atom is 0.138 e. The zero-order chi connectivity index (χ0) is 11.3. The minimum atomic E-state index is -4.69. The molecule has 0 unspecified atom stereocenters. The highest BCUT2D eigenvalue weighted by atomic mass is 31.2. The summed E-state index contributed by atoms with van der Waals surface area (Å²) in [4.78, 5) is 31.7. The van der Waals surface area contributed by atoms with Crippen molar-refractivity contribution in [2.75, 3.05) is 6.16 Å². The van der Waals surface area contributed by atoms with E-state index in [1.807, 2.05) is 30.3 Å². The third-order valence-electron chi connectivity index (χ3n) is 1.91. The normalized spacial score (nSPS) is 11.3. The average molecular weight is 226 g/mol. The van der Waals surface area contributed by atoms with E-state index < -0.39 is 19.5 Å². The molecular formula is C10H11O4P-2. The SMILES string of the molecule is O=C(CCc1ccccc1)CP(=O)([O-])[O-]. The zero-order valence-corrected chi connectivity index (χ0v) is 8.98. The number of aryl methyl sites for hydroxylation is 1. The Labute approximate surface area is 88.1 Å². The summed E-state index contributed by atoms with van der Waals surface area (Å²) >= 11 is 0. The molecule has 0 saturated carbocycles. The van der Waals surface area contributed by atoms with Crippen LogP contribution in [0.3, 0.4) is 0 Å². The molecule has 1 aromatic carbocycles. The van der Waals surface area contributed by atoms with E-state index in [1.165, 1.54) is 0 Å². The highest BCUT2D eigenvalue weighted by Crippen LogP contribution is 2.23. The van der Waals surface area contributed by atoms with Gasteiger partial charge < -0.3 is 14.4 Å². The van der Waals surface area contributed by atoms with Crippen molar-refractivity contribution in [2.24, 2.45) is 0 Å². The van der Waals surface area contributed by atoms with E-state index in [2.05, 4.69) is 0 Å².